The normalized spacial score (nSPS) is 10.4. The molecule has 27 heavy (non-hydrogen) atoms. The molecule has 2 aromatic rings. The Morgan fingerprint density at radius 3 is 2.15 bits per heavy atom. The van der Waals surface area contributed by atoms with E-state index in [9.17, 15) is 9.59 Å². The fourth-order valence-electron chi connectivity index (χ4n) is 2.03. The lowest BCUT2D eigenvalue weighted by molar-refractivity contribution is -0.123. The van der Waals surface area contributed by atoms with Crippen LogP contribution in [0.5, 0.6) is 11.5 Å². The molecule has 0 aliphatic heterocycles. The molecule has 0 bridgehead atoms. The number of hydrazine groups is 1. The first-order chi connectivity index (χ1) is 12.9. The van der Waals surface area contributed by atoms with Gasteiger partial charge in [0.15, 0.2) is 6.61 Å². The monoisotopic (exact) mass is 390 g/mol. The number of amides is 2. The summed E-state index contributed by atoms with van der Waals surface area (Å²) in [7, 11) is 0. The largest absolute Gasteiger partial charge is 0.494 e. The van der Waals surface area contributed by atoms with Crippen LogP contribution in [0.2, 0.25) is 5.02 Å². The van der Waals surface area contributed by atoms with E-state index in [-0.39, 0.29) is 6.61 Å². The molecule has 144 valence electrons. The third-order valence-corrected chi connectivity index (χ3v) is 3.83. The van der Waals surface area contributed by atoms with Crippen molar-refractivity contribution in [2.24, 2.45) is 5.92 Å². The van der Waals surface area contributed by atoms with E-state index >= 15 is 0 Å². The van der Waals surface area contributed by atoms with Crippen LogP contribution >= 0.6 is 11.6 Å². The van der Waals surface area contributed by atoms with Crippen molar-refractivity contribution < 1.29 is 19.1 Å². The van der Waals surface area contributed by atoms with Crippen molar-refractivity contribution in [2.45, 2.75) is 20.3 Å². The third kappa shape index (κ3) is 7.58. The molecule has 0 fully saturated rings. The highest BCUT2D eigenvalue weighted by Gasteiger charge is 2.08. The number of ether oxygens (including phenoxy) is 2. The van der Waals surface area contributed by atoms with Gasteiger partial charge in [-0.1, -0.05) is 25.4 Å². The first-order valence-corrected chi connectivity index (χ1v) is 9.02. The zero-order valence-electron chi connectivity index (χ0n) is 15.3. The Balaban J connectivity index is 1.72. The van der Waals surface area contributed by atoms with E-state index < -0.39 is 11.8 Å². The van der Waals surface area contributed by atoms with E-state index in [2.05, 4.69) is 24.7 Å². The van der Waals surface area contributed by atoms with E-state index in [1.165, 1.54) is 0 Å². The first-order valence-electron chi connectivity index (χ1n) is 8.64. The van der Waals surface area contributed by atoms with Gasteiger partial charge in [-0.25, -0.2) is 0 Å². The summed E-state index contributed by atoms with van der Waals surface area (Å²) < 4.78 is 10.9. The molecule has 0 heterocycles. The van der Waals surface area contributed by atoms with Gasteiger partial charge in [-0.05, 0) is 60.9 Å². The highest BCUT2D eigenvalue weighted by atomic mass is 35.5. The standard InChI is InChI=1S/C20H23ClN2O4/c1-14(2)11-12-26-17-7-3-15(4-8-17)20(25)23-22-19(24)13-27-18-9-5-16(21)6-10-18/h3-10,14H,11-13H2,1-2H3,(H,22,24)(H,23,25). The van der Waals surface area contributed by atoms with Gasteiger partial charge in [0.05, 0.1) is 6.61 Å². The molecule has 2 N–H and O–H groups in total. The van der Waals surface area contributed by atoms with Crippen molar-refractivity contribution in [3.8, 4) is 11.5 Å². The zero-order valence-corrected chi connectivity index (χ0v) is 16.1. The van der Waals surface area contributed by atoms with Crippen LogP contribution in [-0.2, 0) is 4.79 Å². The molecule has 0 aliphatic carbocycles. The SMILES string of the molecule is CC(C)CCOc1ccc(C(=O)NNC(=O)COc2ccc(Cl)cc2)cc1. The van der Waals surface area contributed by atoms with Crippen LogP contribution in [0.1, 0.15) is 30.6 Å². The molecule has 0 saturated heterocycles. The van der Waals surface area contributed by atoms with E-state index in [1.807, 2.05) is 0 Å². The number of benzene rings is 2. The molecule has 0 unspecified atom stereocenters. The van der Waals surface area contributed by atoms with Crippen molar-refractivity contribution >= 4 is 23.4 Å². The quantitative estimate of drug-likeness (QED) is 0.675. The van der Waals surface area contributed by atoms with Gasteiger partial charge >= 0.3 is 0 Å². The molecule has 2 amide bonds. The molecule has 7 heteroatoms. The molecule has 2 rings (SSSR count). The summed E-state index contributed by atoms with van der Waals surface area (Å²) in [6.07, 6.45) is 0.965. The first kappa shape index (κ1) is 20.6. The topological polar surface area (TPSA) is 76.7 Å². The average Bonchev–Trinajstić information content (AvgIpc) is 2.66. The minimum Gasteiger partial charge on any atom is -0.494 e. The molecular weight excluding hydrogens is 368 g/mol. The van der Waals surface area contributed by atoms with Crippen molar-refractivity contribution in [1.82, 2.24) is 10.9 Å². The van der Waals surface area contributed by atoms with Gasteiger partial charge in [-0.2, -0.15) is 0 Å². The average molecular weight is 391 g/mol. The molecule has 6 nitrogen and oxygen atoms in total. The molecule has 0 aliphatic rings. The molecule has 0 saturated carbocycles. The van der Waals surface area contributed by atoms with Crippen molar-refractivity contribution in [3.63, 3.8) is 0 Å². The van der Waals surface area contributed by atoms with Crippen LogP contribution in [0.15, 0.2) is 48.5 Å². The Morgan fingerprint density at radius 2 is 1.52 bits per heavy atom. The minimum absolute atomic E-state index is 0.232. The third-order valence-electron chi connectivity index (χ3n) is 3.58. The number of rotatable bonds is 8. The molecule has 0 atom stereocenters. The van der Waals surface area contributed by atoms with Crippen molar-refractivity contribution in [2.75, 3.05) is 13.2 Å². The minimum atomic E-state index is -0.480. The van der Waals surface area contributed by atoms with Crippen LogP contribution in [0.3, 0.4) is 0 Å². The fraction of sp³-hybridized carbons (Fsp3) is 0.300. The Morgan fingerprint density at radius 1 is 0.926 bits per heavy atom. The van der Waals surface area contributed by atoms with Crippen molar-refractivity contribution in [1.29, 1.82) is 0 Å². The van der Waals surface area contributed by atoms with Gasteiger partial charge in [0.2, 0.25) is 0 Å². The van der Waals surface area contributed by atoms with E-state index in [0.29, 0.717) is 34.6 Å². The van der Waals surface area contributed by atoms with Crippen molar-refractivity contribution in [3.05, 3.63) is 59.1 Å². The fourth-order valence-corrected chi connectivity index (χ4v) is 2.16. The second kappa shape index (κ2) is 10.4. The van der Waals surface area contributed by atoms with Gasteiger partial charge in [-0.15, -0.1) is 0 Å². The van der Waals surface area contributed by atoms with Gasteiger partial charge in [0.1, 0.15) is 11.5 Å². The maximum Gasteiger partial charge on any atom is 0.276 e. The Bertz CT molecular complexity index is 746. The number of nitrogens with one attached hydrogen (secondary N) is 2. The molecule has 0 spiro atoms. The van der Waals surface area contributed by atoms with Crippen LogP contribution in [-0.4, -0.2) is 25.0 Å². The van der Waals surface area contributed by atoms with Gasteiger partial charge in [0, 0.05) is 10.6 Å². The lowest BCUT2D eigenvalue weighted by Crippen LogP contribution is -2.43. The van der Waals surface area contributed by atoms with Gasteiger partial charge in [-0.3, -0.25) is 20.4 Å². The summed E-state index contributed by atoms with van der Waals surface area (Å²) >= 11 is 5.77. The Labute approximate surface area is 163 Å². The van der Waals surface area contributed by atoms with E-state index in [1.54, 1.807) is 48.5 Å². The van der Waals surface area contributed by atoms with Crippen LogP contribution in [0.25, 0.3) is 0 Å². The van der Waals surface area contributed by atoms with Crippen LogP contribution in [0, 0.1) is 5.92 Å². The second-order valence-electron chi connectivity index (χ2n) is 6.30. The summed E-state index contributed by atoms with van der Waals surface area (Å²) in [5.41, 5.74) is 5.05. The summed E-state index contributed by atoms with van der Waals surface area (Å²) in [4.78, 5) is 23.8. The van der Waals surface area contributed by atoms with E-state index in [0.717, 1.165) is 6.42 Å². The highest BCUT2D eigenvalue weighted by molar-refractivity contribution is 6.30. The molecule has 0 aromatic heterocycles. The predicted molar refractivity (Wildman–Crippen MR) is 104 cm³/mol. The number of carbonyl (C=O) groups excluding carboxylic acids is 2. The van der Waals surface area contributed by atoms with Gasteiger partial charge in [0.25, 0.3) is 11.8 Å². The van der Waals surface area contributed by atoms with Gasteiger partial charge < -0.3 is 9.47 Å². The Kier molecular flexibility index (Phi) is 7.95. The second-order valence-corrected chi connectivity index (χ2v) is 6.74. The number of hydrogen-bond donors (Lipinski definition) is 2. The molecule has 2 aromatic carbocycles. The Hall–Kier alpha value is -2.73. The number of halogens is 1. The molecular formula is C20H23ClN2O4. The summed E-state index contributed by atoms with van der Waals surface area (Å²) in [6.45, 7) is 4.66. The maximum atomic E-state index is 12.1. The maximum absolute atomic E-state index is 12.1. The summed E-state index contributed by atoms with van der Waals surface area (Å²) in [5.74, 6) is 0.874. The van der Waals surface area contributed by atoms with Crippen LogP contribution in [0.4, 0.5) is 0 Å². The molecule has 0 radical (unpaired) electrons. The smallest absolute Gasteiger partial charge is 0.276 e. The highest BCUT2D eigenvalue weighted by Crippen LogP contribution is 2.15. The number of hydrogen-bond acceptors (Lipinski definition) is 4. The summed E-state index contributed by atoms with van der Waals surface area (Å²) in [5, 5.41) is 0.579. The zero-order chi connectivity index (χ0) is 19.6. The lowest BCUT2D eigenvalue weighted by Gasteiger charge is -2.10. The van der Waals surface area contributed by atoms with E-state index in [4.69, 9.17) is 21.1 Å². The summed E-state index contributed by atoms with van der Waals surface area (Å²) in [6, 6.07) is 13.3. The predicted octanol–water partition coefficient (Wildman–Crippen LogP) is 3.60. The lowest BCUT2D eigenvalue weighted by atomic mass is 10.1. The number of carbonyl (C=O) groups is 2. The van der Waals surface area contributed by atoms with Crippen LogP contribution < -0.4 is 20.3 Å².